The van der Waals surface area contributed by atoms with Gasteiger partial charge in [0.2, 0.25) is 5.95 Å². The Balaban J connectivity index is 1.23. The Bertz CT molecular complexity index is 1020. The lowest BCUT2D eigenvalue weighted by molar-refractivity contribution is 0.367. The van der Waals surface area contributed by atoms with Gasteiger partial charge < -0.3 is 14.6 Å². The van der Waals surface area contributed by atoms with Crippen LogP contribution in [0.1, 0.15) is 43.2 Å². The summed E-state index contributed by atoms with van der Waals surface area (Å²) < 4.78 is 2.20. The first kappa shape index (κ1) is 20.7. The molecule has 158 valence electrons. The summed E-state index contributed by atoms with van der Waals surface area (Å²) >= 11 is 6.20. The lowest BCUT2D eigenvalue weighted by Gasteiger charge is -2.32. The lowest BCUT2D eigenvalue weighted by atomic mass is 9.91. The summed E-state index contributed by atoms with van der Waals surface area (Å²) in [6.07, 6.45) is 12.7. The molecule has 1 N–H and O–H groups in total. The first-order valence-corrected chi connectivity index (χ1v) is 11.1. The number of hydrogen-bond donors (Lipinski definition) is 1. The number of aromatic nitrogens is 3. The molecule has 0 aliphatic carbocycles. The maximum absolute atomic E-state index is 9.41. The van der Waals surface area contributed by atoms with Gasteiger partial charge in [0.25, 0.3) is 0 Å². The van der Waals surface area contributed by atoms with Crippen molar-refractivity contribution in [1.82, 2.24) is 14.5 Å². The third-order valence-electron chi connectivity index (χ3n) is 6.21. The predicted octanol–water partition coefficient (Wildman–Crippen LogP) is 5.78. The molecular weight excluding hydrogens is 396 g/mol. The summed E-state index contributed by atoms with van der Waals surface area (Å²) in [7, 11) is 2.10. The highest BCUT2D eigenvalue weighted by Gasteiger charge is 2.20. The van der Waals surface area contributed by atoms with Crippen LogP contribution in [0.25, 0.3) is 16.7 Å². The molecule has 0 saturated carbocycles. The number of benzene rings is 1. The van der Waals surface area contributed by atoms with Crippen LogP contribution < -0.4 is 4.90 Å². The Morgan fingerprint density at radius 2 is 1.93 bits per heavy atom. The van der Waals surface area contributed by atoms with Crippen molar-refractivity contribution >= 4 is 34.2 Å². The predicted molar refractivity (Wildman–Crippen MR) is 124 cm³/mol. The zero-order valence-electron chi connectivity index (χ0n) is 17.5. The number of nitrogens with zero attached hydrogens (tertiary/aromatic N) is 4. The van der Waals surface area contributed by atoms with E-state index in [1.807, 2.05) is 6.07 Å². The third kappa shape index (κ3) is 4.62. The van der Waals surface area contributed by atoms with Gasteiger partial charge in [0, 0.05) is 54.7 Å². The highest BCUT2D eigenvalue weighted by molar-refractivity contribution is 6.31. The van der Waals surface area contributed by atoms with Crippen molar-refractivity contribution in [3.8, 4) is 0 Å². The second-order valence-electron chi connectivity index (χ2n) is 8.32. The van der Waals surface area contributed by atoms with Gasteiger partial charge in [0.15, 0.2) is 0 Å². The van der Waals surface area contributed by atoms with E-state index in [2.05, 4.69) is 51.4 Å². The molecule has 1 fully saturated rings. The van der Waals surface area contributed by atoms with Crippen LogP contribution in [0.2, 0.25) is 5.02 Å². The normalized spacial score (nSPS) is 15.1. The minimum atomic E-state index is 0.00635. The van der Waals surface area contributed by atoms with Gasteiger partial charge in [0.1, 0.15) is 5.76 Å². The van der Waals surface area contributed by atoms with Gasteiger partial charge in [-0.05, 0) is 55.4 Å². The fraction of sp³-hybridized carbons (Fsp3) is 0.417. The van der Waals surface area contributed by atoms with E-state index in [-0.39, 0.29) is 5.76 Å². The Morgan fingerprint density at radius 1 is 1.20 bits per heavy atom. The summed E-state index contributed by atoms with van der Waals surface area (Å²) in [4.78, 5) is 11.0. The number of hydrogen-bond acceptors (Lipinski definition) is 4. The number of rotatable bonds is 7. The van der Waals surface area contributed by atoms with E-state index in [4.69, 9.17) is 11.6 Å². The molecule has 5 nitrogen and oxygen atoms in total. The molecule has 2 aromatic heterocycles. The largest absolute Gasteiger partial charge is 0.508 e. The Morgan fingerprint density at radius 3 is 2.63 bits per heavy atom. The summed E-state index contributed by atoms with van der Waals surface area (Å²) in [5, 5.41) is 11.5. The van der Waals surface area contributed by atoms with Crippen molar-refractivity contribution in [3.05, 3.63) is 59.5 Å². The van der Waals surface area contributed by atoms with Crippen molar-refractivity contribution in [2.75, 3.05) is 18.0 Å². The van der Waals surface area contributed by atoms with Gasteiger partial charge in [-0.2, -0.15) is 0 Å². The molecule has 30 heavy (non-hydrogen) atoms. The van der Waals surface area contributed by atoms with Gasteiger partial charge in [-0.25, -0.2) is 9.97 Å². The van der Waals surface area contributed by atoms with Crippen molar-refractivity contribution in [2.45, 2.75) is 38.5 Å². The molecule has 1 aliphatic rings. The maximum atomic E-state index is 9.41. The molecule has 6 heteroatoms. The fourth-order valence-corrected chi connectivity index (χ4v) is 4.62. The molecular formula is C24H29ClN4O. The molecule has 0 unspecified atom stereocenters. The van der Waals surface area contributed by atoms with Crippen molar-refractivity contribution < 1.29 is 5.11 Å². The van der Waals surface area contributed by atoms with Crippen LogP contribution in [0, 0.1) is 5.92 Å². The first-order valence-electron chi connectivity index (χ1n) is 10.7. The lowest BCUT2D eigenvalue weighted by Crippen LogP contribution is -2.34. The zero-order chi connectivity index (χ0) is 21.1. The molecule has 0 amide bonds. The second-order valence-corrected chi connectivity index (χ2v) is 8.76. The molecule has 0 bridgehead atoms. The molecule has 0 atom stereocenters. The van der Waals surface area contributed by atoms with Crippen LogP contribution in [0.15, 0.2) is 43.4 Å². The van der Waals surface area contributed by atoms with E-state index in [0.717, 1.165) is 36.4 Å². The number of aliphatic hydroxyl groups excluding tert-OH is 1. The minimum absolute atomic E-state index is 0.00635. The van der Waals surface area contributed by atoms with Gasteiger partial charge >= 0.3 is 0 Å². The molecule has 0 spiro atoms. The van der Waals surface area contributed by atoms with E-state index < -0.39 is 0 Å². The molecule has 3 aromatic rings. The average molecular weight is 425 g/mol. The van der Waals surface area contributed by atoms with Crippen molar-refractivity contribution in [1.29, 1.82) is 0 Å². The Kier molecular flexibility index (Phi) is 6.28. The quantitative estimate of drug-likeness (QED) is 0.386. The molecule has 0 radical (unpaired) electrons. The maximum Gasteiger partial charge on any atom is 0.225 e. The van der Waals surface area contributed by atoms with Crippen molar-refractivity contribution in [3.63, 3.8) is 0 Å². The highest BCUT2D eigenvalue weighted by atomic mass is 35.5. The molecule has 1 saturated heterocycles. The summed E-state index contributed by atoms with van der Waals surface area (Å²) in [6.45, 7) is 5.49. The monoisotopic (exact) mass is 424 g/mol. The minimum Gasteiger partial charge on any atom is -0.508 e. The van der Waals surface area contributed by atoms with Crippen LogP contribution in [0.4, 0.5) is 5.95 Å². The molecule has 4 rings (SSSR count). The Labute approximate surface area is 183 Å². The van der Waals surface area contributed by atoms with Gasteiger partial charge in [-0.1, -0.05) is 31.0 Å². The fourth-order valence-electron chi connectivity index (χ4n) is 4.45. The van der Waals surface area contributed by atoms with Crippen molar-refractivity contribution in [2.24, 2.45) is 13.0 Å². The number of piperidine rings is 1. The van der Waals surface area contributed by atoms with Crippen LogP contribution >= 0.6 is 11.6 Å². The topological polar surface area (TPSA) is 54.2 Å². The molecule has 1 aromatic carbocycles. The van der Waals surface area contributed by atoms with Crippen LogP contribution in [0.3, 0.4) is 0 Å². The summed E-state index contributed by atoms with van der Waals surface area (Å²) in [5.41, 5.74) is 3.22. The first-order chi connectivity index (χ1) is 14.5. The number of unbranched alkanes of at least 4 members (excludes halogenated alkanes) is 1. The SMILES string of the molecule is C=C(O)c1cnc(N2CCC(CCCCc3cn(C)c4ccc(Cl)cc34)CC2)nc1. The van der Waals surface area contributed by atoms with Crippen LogP contribution in [-0.4, -0.2) is 32.7 Å². The second kappa shape index (κ2) is 9.09. The smallest absolute Gasteiger partial charge is 0.225 e. The van der Waals surface area contributed by atoms with E-state index in [1.165, 1.54) is 48.6 Å². The molecule has 3 heterocycles. The number of aliphatic hydroxyl groups is 1. The average Bonchev–Trinajstić information content (AvgIpc) is 3.06. The number of anilines is 1. The number of fused-ring (bicyclic) bond motifs is 1. The van der Waals surface area contributed by atoms with E-state index >= 15 is 0 Å². The zero-order valence-corrected chi connectivity index (χ0v) is 18.3. The van der Waals surface area contributed by atoms with E-state index in [1.54, 1.807) is 12.4 Å². The standard InChI is InChI=1S/C24H29ClN4O/c1-17(30)20-14-26-24(27-15-20)29-11-9-18(10-12-29)5-3-4-6-19-16-28(2)23-8-7-21(25)13-22(19)23/h7-8,13-16,18,30H,1,3-6,9-12H2,2H3. The molecule has 1 aliphatic heterocycles. The van der Waals surface area contributed by atoms with E-state index in [9.17, 15) is 5.11 Å². The number of halogens is 1. The van der Waals surface area contributed by atoms with Crippen LogP contribution in [-0.2, 0) is 13.5 Å². The number of aryl methyl sites for hydroxylation is 2. The van der Waals surface area contributed by atoms with Gasteiger partial charge in [-0.3, -0.25) is 0 Å². The highest BCUT2D eigenvalue weighted by Crippen LogP contribution is 2.28. The van der Waals surface area contributed by atoms with Gasteiger partial charge in [0.05, 0.1) is 5.56 Å². The van der Waals surface area contributed by atoms with E-state index in [0.29, 0.717) is 5.56 Å². The van der Waals surface area contributed by atoms with Gasteiger partial charge in [-0.15, -0.1) is 0 Å². The summed E-state index contributed by atoms with van der Waals surface area (Å²) in [5.74, 6) is 1.53. The summed E-state index contributed by atoms with van der Waals surface area (Å²) in [6, 6.07) is 6.15. The third-order valence-corrected chi connectivity index (χ3v) is 6.45. The van der Waals surface area contributed by atoms with Crippen LogP contribution in [0.5, 0.6) is 0 Å². The Hall–Kier alpha value is -2.53.